The van der Waals surface area contributed by atoms with Gasteiger partial charge in [-0.15, -0.1) is 13.2 Å². The van der Waals surface area contributed by atoms with Crippen LogP contribution in [0, 0.1) is 6.92 Å². The summed E-state index contributed by atoms with van der Waals surface area (Å²) < 4.78 is 56.6. The normalized spacial score (nSPS) is 17.3. The van der Waals surface area contributed by atoms with Gasteiger partial charge in [0.2, 0.25) is 0 Å². The van der Waals surface area contributed by atoms with Crippen LogP contribution in [-0.2, 0) is 19.9 Å². The van der Waals surface area contributed by atoms with E-state index in [1.807, 2.05) is 13.0 Å². The van der Waals surface area contributed by atoms with Gasteiger partial charge in [0.15, 0.2) is 9.84 Å². The summed E-state index contributed by atoms with van der Waals surface area (Å²) in [6.07, 6.45) is 8.70. The molecule has 0 amide bonds. The number of rotatable bonds is 12. The van der Waals surface area contributed by atoms with Crippen molar-refractivity contribution in [3.8, 4) is 0 Å². The third kappa shape index (κ3) is 5.53. The fourth-order valence-electron chi connectivity index (χ4n) is 4.32. The van der Waals surface area contributed by atoms with E-state index >= 15 is 0 Å². The number of allylic oxidation sites excluding steroid dienone is 1. The average molecular weight is 500 g/mol. The van der Waals surface area contributed by atoms with E-state index in [1.165, 1.54) is 4.31 Å². The highest BCUT2D eigenvalue weighted by molar-refractivity contribution is 7.92. The number of nitrogens with zero attached hydrogens (tertiary/aromatic N) is 1. The van der Waals surface area contributed by atoms with Crippen molar-refractivity contribution in [2.45, 2.75) is 66.5 Å². The topological polar surface area (TPSA) is 71.5 Å². The van der Waals surface area contributed by atoms with Gasteiger partial charge >= 0.3 is 0 Å². The maximum atomic E-state index is 13.8. The summed E-state index contributed by atoms with van der Waals surface area (Å²) in [4.78, 5) is 0.354. The first kappa shape index (κ1) is 26.0. The first-order valence-corrected chi connectivity index (χ1v) is 14.5. The maximum absolute atomic E-state index is 13.8. The molecule has 2 atom stereocenters. The number of benzene rings is 2. The van der Waals surface area contributed by atoms with Crippen molar-refractivity contribution in [3.05, 3.63) is 97.2 Å². The smallest absolute Gasteiger partial charge is 0.264 e. The summed E-state index contributed by atoms with van der Waals surface area (Å²) in [6, 6.07) is 14.5. The molecule has 0 bridgehead atoms. The van der Waals surface area contributed by atoms with Crippen LogP contribution >= 0.6 is 0 Å². The van der Waals surface area contributed by atoms with Gasteiger partial charge in [-0.2, -0.15) is 0 Å². The minimum Gasteiger partial charge on any atom is -0.265 e. The lowest BCUT2D eigenvalue weighted by molar-refractivity contribution is 0.393. The summed E-state index contributed by atoms with van der Waals surface area (Å²) in [5.41, 5.74) is 1.29. The first-order chi connectivity index (χ1) is 16.2. The predicted octanol–water partition coefficient (Wildman–Crippen LogP) is 5.81. The second kappa shape index (κ2) is 11.2. The molecule has 0 unspecified atom stereocenters. The van der Waals surface area contributed by atoms with Crippen LogP contribution in [0.4, 0.5) is 0 Å². The lowest BCUT2D eigenvalue weighted by atomic mass is 10.1. The molecular weight excluding hydrogens is 466 g/mol. The van der Waals surface area contributed by atoms with Gasteiger partial charge in [0.25, 0.3) is 10.0 Å². The van der Waals surface area contributed by atoms with Crippen LogP contribution in [0.25, 0.3) is 0 Å². The van der Waals surface area contributed by atoms with Gasteiger partial charge < -0.3 is 0 Å². The van der Waals surface area contributed by atoms with Crippen LogP contribution in [0.15, 0.2) is 101 Å². The molecule has 0 saturated carbocycles. The average Bonchev–Trinajstić information content (AvgIpc) is 3.24. The Kier molecular flexibility index (Phi) is 8.55. The van der Waals surface area contributed by atoms with Crippen molar-refractivity contribution in [3.63, 3.8) is 0 Å². The molecule has 2 aromatic rings. The van der Waals surface area contributed by atoms with Crippen molar-refractivity contribution in [1.29, 1.82) is 0 Å². The molecule has 0 aliphatic carbocycles. The summed E-state index contributed by atoms with van der Waals surface area (Å²) in [6.45, 7) is 9.42. The molecule has 0 aromatic heterocycles. The highest BCUT2D eigenvalue weighted by atomic mass is 32.2. The fraction of sp³-hybridized carbons (Fsp3) is 0.333. The molecule has 182 valence electrons. The Morgan fingerprint density at radius 1 is 0.941 bits per heavy atom. The molecule has 2 aromatic carbocycles. The number of sulfone groups is 1. The molecule has 0 spiro atoms. The van der Waals surface area contributed by atoms with E-state index in [4.69, 9.17) is 0 Å². The molecular formula is C27H33NO4S2. The summed E-state index contributed by atoms with van der Waals surface area (Å²) >= 11 is 0. The van der Waals surface area contributed by atoms with Gasteiger partial charge in [-0.1, -0.05) is 60.5 Å². The van der Waals surface area contributed by atoms with E-state index in [9.17, 15) is 16.8 Å². The molecule has 7 heteroatoms. The van der Waals surface area contributed by atoms with Crippen LogP contribution in [0.5, 0.6) is 0 Å². The van der Waals surface area contributed by atoms with Crippen molar-refractivity contribution in [2.75, 3.05) is 0 Å². The number of hydrogen-bond acceptors (Lipinski definition) is 4. The van der Waals surface area contributed by atoms with E-state index in [0.717, 1.165) is 18.4 Å². The summed E-state index contributed by atoms with van der Waals surface area (Å²) in [7, 11) is -7.78. The molecule has 5 nitrogen and oxygen atoms in total. The van der Waals surface area contributed by atoms with E-state index in [2.05, 4.69) is 13.2 Å². The van der Waals surface area contributed by atoms with Gasteiger partial charge in [0, 0.05) is 5.70 Å². The highest BCUT2D eigenvalue weighted by Crippen LogP contribution is 2.38. The Morgan fingerprint density at radius 2 is 1.62 bits per heavy atom. The Bertz CT molecular complexity index is 1230. The Balaban J connectivity index is 2.09. The summed E-state index contributed by atoms with van der Waals surface area (Å²) in [5.74, 6) is 0. The highest BCUT2D eigenvalue weighted by Gasteiger charge is 2.43. The molecule has 1 aliphatic heterocycles. The second-order valence-electron chi connectivity index (χ2n) is 8.58. The first-order valence-electron chi connectivity index (χ1n) is 11.6. The fourth-order valence-corrected chi connectivity index (χ4v) is 8.01. The van der Waals surface area contributed by atoms with Crippen molar-refractivity contribution in [2.24, 2.45) is 0 Å². The van der Waals surface area contributed by atoms with E-state index in [1.54, 1.807) is 66.7 Å². The van der Waals surface area contributed by atoms with Crippen molar-refractivity contribution >= 4 is 19.9 Å². The second-order valence-corrected chi connectivity index (χ2v) is 12.5. The lowest BCUT2D eigenvalue weighted by Crippen LogP contribution is -2.41. The van der Waals surface area contributed by atoms with E-state index < -0.39 is 31.2 Å². The van der Waals surface area contributed by atoms with Gasteiger partial charge in [0.05, 0.1) is 15.8 Å². The van der Waals surface area contributed by atoms with Crippen molar-refractivity contribution in [1.82, 2.24) is 4.31 Å². The molecule has 1 aliphatic rings. The van der Waals surface area contributed by atoms with Gasteiger partial charge in [0.1, 0.15) is 5.25 Å². The van der Waals surface area contributed by atoms with Gasteiger partial charge in [-0.3, -0.25) is 4.31 Å². The number of sulfonamides is 1. The van der Waals surface area contributed by atoms with Crippen LogP contribution < -0.4 is 0 Å². The third-order valence-electron chi connectivity index (χ3n) is 6.10. The zero-order valence-corrected chi connectivity index (χ0v) is 21.3. The Hall–Kier alpha value is -2.64. The molecule has 0 N–H and O–H groups in total. The largest absolute Gasteiger partial charge is 0.265 e. The Morgan fingerprint density at radius 3 is 2.24 bits per heavy atom. The van der Waals surface area contributed by atoms with Crippen LogP contribution in [-0.4, -0.2) is 32.4 Å². The van der Waals surface area contributed by atoms with Crippen molar-refractivity contribution < 1.29 is 16.8 Å². The van der Waals surface area contributed by atoms with Crippen LogP contribution in [0.1, 0.15) is 44.1 Å². The van der Waals surface area contributed by atoms with Crippen LogP contribution in [0.3, 0.4) is 0 Å². The van der Waals surface area contributed by atoms with Gasteiger partial charge in [-0.05, 0) is 63.3 Å². The zero-order valence-electron chi connectivity index (χ0n) is 19.6. The standard InChI is InChI=1S/C27H33NO4S2/c1-4-6-7-11-15-27(33(29,30)24-13-9-8-10-14-24)26-21-18-23(12-5-2)28(26)34(31,32)25-19-16-22(3)17-20-25/h4-5,8-10,13-14,16-17,19-21,23,27H,1-2,6-7,11-12,15,18H2,3H3/t23-,27+/m0/s1. The number of aryl methyl sites for hydroxylation is 1. The minimum absolute atomic E-state index is 0.155. The van der Waals surface area contributed by atoms with Crippen LogP contribution in [0.2, 0.25) is 0 Å². The van der Waals surface area contributed by atoms with E-state index in [-0.39, 0.29) is 9.79 Å². The molecule has 34 heavy (non-hydrogen) atoms. The Labute approximate surface area is 204 Å². The number of unbranched alkanes of at least 4 members (excludes halogenated alkanes) is 2. The molecule has 0 fully saturated rings. The molecule has 0 saturated heterocycles. The number of hydrogen-bond donors (Lipinski definition) is 0. The zero-order chi connectivity index (χ0) is 24.8. The lowest BCUT2D eigenvalue weighted by Gasteiger charge is -2.32. The minimum atomic E-state index is -3.96. The third-order valence-corrected chi connectivity index (χ3v) is 10.2. The maximum Gasteiger partial charge on any atom is 0.264 e. The van der Waals surface area contributed by atoms with Gasteiger partial charge in [-0.25, -0.2) is 16.8 Å². The molecule has 0 radical (unpaired) electrons. The summed E-state index contributed by atoms with van der Waals surface area (Å²) in [5, 5.41) is -0.963. The van der Waals surface area contributed by atoms with E-state index in [0.29, 0.717) is 31.4 Å². The SMILES string of the molecule is C=CCCCC[C@H](C1=CC[C@H](CC=C)N1S(=O)(=O)c1ccc(C)cc1)S(=O)(=O)c1ccccc1. The quantitative estimate of drug-likeness (QED) is 0.273. The monoisotopic (exact) mass is 499 g/mol. The predicted molar refractivity (Wildman–Crippen MR) is 138 cm³/mol. The molecule has 1 heterocycles. The molecule has 3 rings (SSSR count).